The van der Waals surface area contributed by atoms with E-state index in [9.17, 15) is 14.4 Å². The first-order chi connectivity index (χ1) is 17.5. The number of nitrogens with zero attached hydrogens (tertiary/aromatic N) is 3. The first-order valence-electron chi connectivity index (χ1n) is 13.3. The third-order valence-electron chi connectivity index (χ3n) is 7.87. The SMILES string of the molecule is CO[C@H]1CN(C(=O)[C@H](CC(C)(C)C)NC(=O)c2ccc(N3CCN(C)CC3)cc2)[C@@H]2C(=O)COC(C)[C@H]12. The highest BCUT2D eigenvalue weighted by molar-refractivity contribution is 5.99. The zero-order valence-electron chi connectivity index (χ0n) is 23.0. The van der Waals surface area contributed by atoms with Gasteiger partial charge in [-0.3, -0.25) is 14.4 Å². The molecule has 0 bridgehead atoms. The number of nitrogens with one attached hydrogen (secondary N) is 1. The second-order valence-corrected chi connectivity index (χ2v) is 11.9. The smallest absolute Gasteiger partial charge is 0.251 e. The number of Topliss-reactive ketones (excluding diaryl/α,β-unsaturated/α-hetero) is 1. The standard InChI is InChI=1S/C28H42N4O5/c1-18-24-23(36-6)16-32(25(24)22(33)17-37-18)27(35)21(15-28(2,3)4)29-26(34)19-7-9-20(10-8-19)31-13-11-30(5)12-14-31/h7-10,18,21,23-25H,11-17H2,1-6H3,(H,29,34)/t18?,21-,23-,24+,25+/m0/s1. The van der Waals surface area contributed by atoms with Crippen LogP contribution >= 0.6 is 0 Å². The van der Waals surface area contributed by atoms with E-state index in [1.165, 1.54) is 0 Å². The number of likely N-dealkylation sites (tertiary alicyclic amines) is 1. The molecule has 2 amide bonds. The van der Waals surface area contributed by atoms with Gasteiger partial charge in [-0.05, 0) is 50.1 Å². The van der Waals surface area contributed by atoms with Crippen molar-refractivity contribution in [2.24, 2.45) is 11.3 Å². The first-order valence-corrected chi connectivity index (χ1v) is 13.3. The van der Waals surface area contributed by atoms with Crippen LogP contribution in [0, 0.1) is 11.3 Å². The molecule has 3 aliphatic heterocycles. The minimum absolute atomic E-state index is 0.0154. The number of hydrogen-bond acceptors (Lipinski definition) is 7. The molecule has 0 saturated carbocycles. The van der Waals surface area contributed by atoms with Crippen LogP contribution in [0.15, 0.2) is 24.3 Å². The molecule has 1 aromatic carbocycles. The zero-order chi connectivity index (χ0) is 26.9. The van der Waals surface area contributed by atoms with Gasteiger partial charge in [-0.25, -0.2) is 0 Å². The van der Waals surface area contributed by atoms with Crippen molar-refractivity contribution in [3.8, 4) is 0 Å². The van der Waals surface area contributed by atoms with Crippen LogP contribution in [-0.2, 0) is 19.1 Å². The Kier molecular flexibility index (Phi) is 8.26. The number of likely N-dealkylation sites (N-methyl/N-ethyl adjacent to an activating group) is 1. The van der Waals surface area contributed by atoms with E-state index in [0.717, 1.165) is 31.9 Å². The molecule has 1 N–H and O–H groups in total. The first kappa shape index (κ1) is 27.5. The highest BCUT2D eigenvalue weighted by atomic mass is 16.5. The van der Waals surface area contributed by atoms with Crippen molar-refractivity contribution in [3.63, 3.8) is 0 Å². The molecule has 9 nitrogen and oxygen atoms in total. The Morgan fingerprint density at radius 1 is 1.14 bits per heavy atom. The van der Waals surface area contributed by atoms with Gasteiger partial charge in [0.25, 0.3) is 5.91 Å². The Bertz CT molecular complexity index is 983. The number of piperazine rings is 1. The van der Waals surface area contributed by atoms with Crippen LogP contribution < -0.4 is 10.2 Å². The van der Waals surface area contributed by atoms with E-state index in [1.54, 1.807) is 12.0 Å². The van der Waals surface area contributed by atoms with E-state index in [-0.39, 0.29) is 47.7 Å². The number of carbonyl (C=O) groups is 3. The summed E-state index contributed by atoms with van der Waals surface area (Å²) in [5.41, 5.74) is 1.38. The number of fused-ring (bicyclic) bond motifs is 1. The van der Waals surface area contributed by atoms with Crippen LogP contribution in [0.1, 0.15) is 44.5 Å². The maximum Gasteiger partial charge on any atom is 0.251 e. The van der Waals surface area contributed by atoms with Gasteiger partial charge in [-0.1, -0.05) is 20.8 Å². The number of anilines is 1. The Morgan fingerprint density at radius 3 is 2.38 bits per heavy atom. The lowest BCUT2D eigenvalue weighted by atomic mass is 9.86. The van der Waals surface area contributed by atoms with Gasteiger partial charge in [0.05, 0.1) is 12.2 Å². The number of benzene rings is 1. The fraction of sp³-hybridized carbons (Fsp3) is 0.679. The molecule has 9 heteroatoms. The minimum atomic E-state index is -0.757. The van der Waals surface area contributed by atoms with E-state index in [4.69, 9.17) is 9.47 Å². The van der Waals surface area contributed by atoms with Crippen molar-refractivity contribution >= 4 is 23.3 Å². The highest BCUT2D eigenvalue weighted by Gasteiger charge is 2.53. The Morgan fingerprint density at radius 2 is 1.78 bits per heavy atom. The molecule has 0 spiro atoms. The van der Waals surface area contributed by atoms with Crippen molar-refractivity contribution in [3.05, 3.63) is 29.8 Å². The molecular weight excluding hydrogens is 472 g/mol. The molecule has 1 aromatic rings. The number of ether oxygens (including phenoxy) is 2. The third kappa shape index (κ3) is 6.16. The molecule has 204 valence electrons. The fourth-order valence-electron chi connectivity index (χ4n) is 5.80. The summed E-state index contributed by atoms with van der Waals surface area (Å²) in [5.74, 6) is -0.868. The molecule has 5 atom stereocenters. The molecule has 0 aliphatic carbocycles. The summed E-state index contributed by atoms with van der Waals surface area (Å²) in [5, 5.41) is 2.99. The Labute approximate surface area is 220 Å². The van der Waals surface area contributed by atoms with Gasteiger partial charge in [-0.15, -0.1) is 0 Å². The molecular formula is C28H42N4O5. The molecule has 0 aromatic heterocycles. The van der Waals surface area contributed by atoms with Gasteiger partial charge in [0.2, 0.25) is 5.91 Å². The predicted octanol–water partition coefficient (Wildman–Crippen LogP) is 1.80. The lowest BCUT2D eigenvalue weighted by Crippen LogP contribution is -2.56. The lowest BCUT2D eigenvalue weighted by Gasteiger charge is -2.37. The minimum Gasteiger partial charge on any atom is -0.379 e. The summed E-state index contributed by atoms with van der Waals surface area (Å²) in [7, 11) is 3.72. The summed E-state index contributed by atoms with van der Waals surface area (Å²) in [4.78, 5) is 46.3. The predicted molar refractivity (Wildman–Crippen MR) is 142 cm³/mol. The number of ketones is 1. The molecule has 4 rings (SSSR count). The second kappa shape index (κ2) is 11.1. The highest BCUT2D eigenvalue weighted by Crippen LogP contribution is 2.36. The quantitative estimate of drug-likeness (QED) is 0.619. The van der Waals surface area contributed by atoms with Gasteiger partial charge in [0, 0.05) is 57.0 Å². The number of methoxy groups -OCH3 is 1. The van der Waals surface area contributed by atoms with E-state index in [1.807, 2.05) is 52.0 Å². The Balaban J connectivity index is 1.50. The van der Waals surface area contributed by atoms with E-state index in [2.05, 4.69) is 22.2 Å². The largest absolute Gasteiger partial charge is 0.379 e. The van der Waals surface area contributed by atoms with Gasteiger partial charge in [0.15, 0.2) is 5.78 Å². The van der Waals surface area contributed by atoms with E-state index >= 15 is 0 Å². The topological polar surface area (TPSA) is 91.4 Å². The monoisotopic (exact) mass is 514 g/mol. The van der Waals surface area contributed by atoms with Crippen molar-refractivity contribution in [2.75, 3.05) is 58.4 Å². The van der Waals surface area contributed by atoms with Gasteiger partial charge in [-0.2, -0.15) is 0 Å². The Hall–Kier alpha value is -2.49. The van der Waals surface area contributed by atoms with E-state index in [0.29, 0.717) is 18.5 Å². The summed E-state index contributed by atoms with van der Waals surface area (Å²) in [6.07, 6.45) is -0.0378. The van der Waals surface area contributed by atoms with Crippen molar-refractivity contribution < 1.29 is 23.9 Å². The lowest BCUT2D eigenvalue weighted by molar-refractivity contribution is -0.151. The van der Waals surface area contributed by atoms with Crippen LogP contribution in [0.2, 0.25) is 0 Å². The normalized spacial score (nSPS) is 27.7. The summed E-state index contributed by atoms with van der Waals surface area (Å²) in [6.45, 7) is 12.2. The molecule has 3 heterocycles. The van der Waals surface area contributed by atoms with Crippen LogP contribution in [0.25, 0.3) is 0 Å². The van der Waals surface area contributed by atoms with Gasteiger partial charge in [0.1, 0.15) is 18.7 Å². The molecule has 37 heavy (non-hydrogen) atoms. The number of carbonyl (C=O) groups excluding carboxylic acids is 3. The summed E-state index contributed by atoms with van der Waals surface area (Å²) < 4.78 is 11.3. The second-order valence-electron chi connectivity index (χ2n) is 11.9. The summed E-state index contributed by atoms with van der Waals surface area (Å²) >= 11 is 0. The third-order valence-corrected chi connectivity index (χ3v) is 7.87. The maximum absolute atomic E-state index is 13.9. The summed E-state index contributed by atoms with van der Waals surface area (Å²) in [6, 6.07) is 6.22. The van der Waals surface area contributed by atoms with Crippen LogP contribution in [0.5, 0.6) is 0 Å². The molecule has 3 fully saturated rings. The maximum atomic E-state index is 13.9. The van der Waals surface area contributed by atoms with Gasteiger partial charge >= 0.3 is 0 Å². The number of rotatable bonds is 6. The van der Waals surface area contributed by atoms with Crippen molar-refractivity contribution in [1.82, 2.24) is 15.1 Å². The molecule has 0 radical (unpaired) electrons. The van der Waals surface area contributed by atoms with Crippen LogP contribution in [0.3, 0.4) is 0 Å². The molecule has 3 saturated heterocycles. The molecule has 3 aliphatic rings. The number of hydrogen-bond donors (Lipinski definition) is 1. The number of amides is 2. The van der Waals surface area contributed by atoms with Crippen LogP contribution in [0.4, 0.5) is 5.69 Å². The van der Waals surface area contributed by atoms with Crippen molar-refractivity contribution in [1.29, 1.82) is 0 Å². The molecule has 1 unspecified atom stereocenters. The van der Waals surface area contributed by atoms with Crippen LogP contribution in [-0.4, -0.2) is 105 Å². The van der Waals surface area contributed by atoms with Gasteiger partial charge < -0.3 is 29.5 Å². The fourth-order valence-corrected chi connectivity index (χ4v) is 5.80. The zero-order valence-corrected chi connectivity index (χ0v) is 23.0. The average molecular weight is 515 g/mol. The van der Waals surface area contributed by atoms with E-state index < -0.39 is 12.1 Å². The average Bonchev–Trinajstić information content (AvgIpc) is 3.26. The van der Waals surface area contributed by atoms with Crippen molar-refractivity contribution in [2.45, 2.75) is 58.4 Å².